The first-order valence-corrected chi connectivity index (χ1v) is 7.30. The van der Waals surface area contributed by atoms with Crippen LogP contribution in [0.3, 0.4) is 0 Å². The number of methoxy groups -OCH3 is 1. The normalized spacial score (nSPS) is 15.2. The number of benzene rings is 1. The fourth-order valence-corrected chi connectivity index (χ4v) is 3.32. The third-order valence-corrected chi connectivity index (χ3v) is 4.12. The zero-order chi connectivity index (χ0) is 14.3. The van der Waals surface area contributed by atoms with Crippen molar-refractivity contribution < 1.29 is 4.74 Å². The summed E-state index contributed by atoms with van der Waals surface area (Å²) in [6, 6.07) is 6.11. The molecule has 1 aliphatic carbocycles. The summed E-state index contributed by atoms with van der Waals surface area (Å²) in [5.74, 6) is 0.835. The van der Waals surface area contributed by atoms with Crippen molar-refractivity contribution in [2.45, 2.75) is 45.1 Å². The number of nitrogens with two attached hydrogens (primary N) is 1. The molecule has 20 heavy (non-hydrogen) atoms. The molecule has 0 aliphatic heterocycles. The first kappa shape index (κ1) is 13.4. The number of aryl methyl sites for hydroxylation is 1. The molecule has 1 aromatic heterocycles. The summed E-state index contributed by atoms with van der Waals surface area (Å²) in [4.78, 5) is 4.88. The van der Waals surface area contributed by atoms with Crippen LogP contribution < -0.4 is 10.5 Å². The lowest BCUT2D eigenvalue weighted by Gasteiger charge is -2.29. The standard InChI is InChI=1S/C17H22N2O/c1-17(2,18)15-11-7-4-5-9-13(11)19-16-12(15)8-6-10-14(16)20-3/h6,8,10H,4-5,7,9,18H2,1-3H3. The van der Waals surface area contributed by atoms with Gasteiger partial charge in [0.2, 0.25) is 0 Å². The smallest absolute Gasteiger partial charge is 0.145 e. The number of pyridine rings is 1. The summed E-state index contributed by atoms with van der Waals surface area (Å²) in [6.07, 6.45) is 4.58. The van der Waals surface area contributed by atoms with E-state index < -0.39 is 0 Å². The SMILES string of the molecule is COc1cccc2c(C(C)(C)N)c3c(nc12)CCCC3. The number of para-hydroxylation sites is 1. The second-order valence-electron chi connectivity index (χ2n) is 6.20. The maximum Gasteiger partial charge on any atom is 0.145 e. The third-order valence-electron chi connectivity index (χ3n) is 4.12. The van der Waals surface area contributed by atoms with Crippen molar-refractivity contribution in [3.8, 4) is 5.75 Å². The Balaban J connectivity index is 2.42. The molecule has 3 heteroatoms. The Bertz CT molecular complexity index is 656. The van der Waals surface area contributed by atoms with Crippen molar-refractivity contribution >= 4 is 10.9 Å². The minimum Gasteiger partial charge on any atom is -0.494 e. The summed E-state index contributed by atoms with van der Waals surface area (Å²) >= 11 is 0. The number of rotatable bonds is 2. The molecule has 106 valence electrons. The van der Waals surface area contributed by atoms with E-state index in [1.165, 1.54) is 29.7 Å². The number of hydrogen-bond acceptors (Lipinski definition) is 3. The second-order valence-corrected chi connectivity index (χ2v) is 6.20. The van der Waals surface area contributed by atoms with E-state index in [9.17, 15) is 0 Å². The molecule has 0 atom stereocenters. The van der Waals surface area contributed by atoms with Crippen LogP contribution in [-0.2, 0) is 18.4 Å². The quantitative estimate of drug-likeness (QED) is 0.910. The van der Waals surface area contributed by atoms with E-state index in [1.54, 1.807) is 7.11 Å². The van der Waals surface area contributed by atoms with Crippen LogP contribution in [-0.4, -0.2) is 12.1 Å². The lowest BCUT2D eigenvalue weighted by molar-refractivity contribution is 0.418. The molecule has 1 heterocycles. The van der Waals surface area contributed by atoms with Crippen molar-refractivity contribution in [3.63, 3.8) is 0 Å². The van der Waals surface area contributed by atoms with Gasteiger partial charge in [0.05, 0.1) is 7.11 Å². The van der Waals surface area contributed by atoms with Crippen LogP contribution >= 0.6 is 0 Å². The van der Waals surface area contributed by atoms with E-state index in [0.717, 1.165) is 29.5 Å². The van der Waals surface area contributed by atoms with Crippen LogP contribution in [0.1, 0.15) is 43.5 Å². The number of ether oxygens (including phenoxy) is 1. The predicted octanol–water partition coefficient (Wildman–Crippen LogP) is 3.32. The topological polar surface area (TPSA) is 48.1 Å². The van der Waals surface area contributed by atoms with E-state index >= 15 is 0 Å². The molecule has 0 saturated heterocycles. The van der Waals surface area contributed by atoms with Crippen LogP contribution in [0.4, 0.5) is 0 Å². The predicted molar refractivity (Wildman–Crippen MR) is 82.2 cm³/mol. The number of hydrogen-bond donors (Lipinski definition) is 1. The van der Waals surface area contributed by atoms with Gasteiger partial charge in [-0.25, -0.2) is 4.98 Å². The molecule has 2 aromatic rings. The highest BCUT2D eigenvalue weighted by Crippen LogP contribution is 2.37. The Hall–Kier alpha value is -1.61. The Kier molecular flexibility index (Phi) is 3.17. The molecule has 0 bridgehead atoms. The van der Waals surface area contributed by atoms with E-state index in [2.05, 4.69) is 19.9 Å². The van der Waals surface area contributed by atoms with Gasteiger partial charge in [-0.2, -0.15) is 0 Å². The summed E-state index contributed by atoms with van der Waals surface area (Å²) in [5, 5.41) is 1.14. The third kappa shape index (κ3) is 2.06. The maximum atomic E-state index is 6.47. The minimum absolute atomic E-state index is 0.366. The zero-order valence-corrected chi connectivity index (χ0v) is 12.5. The molecule has 0 saturated carbocycles. The van der Waals surface area contributed by atoms with Gasteiger partial charge in [0.1, 0.15) is 11.3 Å². The highest BCUT2D eigenvalue weighted by atomic mass is 16.5. The Morgan fingerprint density at radius 3 is 2.65 bits per heavy atom. The summed E-state index contributed by atoms with van der Waals surface area (Å²) in [6.45, 7) is 4.16. The number of nitrogens with zero attached hydrogens (tertiary/aromatic N) is 1. The van der Waals surface area contributed by atoms with E-state index in [-0.39, 0.29) is 5.54 Å². The molecule has 0 unspecified atom stereocenters. The van der Waals surface area contributed by atoms with Gasteiger partial charge in [0, 0.05) is 16.6 Å². The lowest BCUT2D eigenvalue weighted by Crippen LogP contribution is -2.31. The summed E-state index contributed by atoms with van der Waals surface area (Å²) < 4.78 is 5.48. The fraction of sp³-hybridized carbons (Fsp3) is 0.471. The van der Waals surface area contributed by atoms with Crippen LogP contribution in [0.15, 0.2) is 18.2 Å². The molecule has 1 aliphatic rings. The van der Waals surface area contributed by atoms with Gasteiger partial charge in [0.25, 0.3) is 0 Å². The first-order valence-electron chi connectivity index (χ1n) is 7.30. The van der Waals surface area contributed by atoms with E-state index in [1.807, 2.05) is 12.1 Å². The van der Waals surface area contributed by atoms with E-state index in [0.29, 0.717) is 0 Å². The van der Waals surface area contributed by atoms with Gasteiger partial charge in [-0.15, -0.1) is 0 Å². The largest absolute Gasteiger partial charge is 0.494 e. The van der Waals surface area contributed by atoms with Gasteiger partial charge in [-0.1, -0.05) is 12.1 Å². The number of fused-ring (bicyclic) bond motifs is 2. The minimum atomic E-state index is -0.366. The highest BCUT2D eigenvalue weighted by Gasteiger charge is 2.27. The van der Waals surface area contributed by atoms with Crippen molar-refractivity contribution in [1.82, 2.24) is 4.98 Å². The van der Waals surface area contributed by atoms with Crippen LogP contribution in [0.5, 0.6) is 5.75 Å². The molecule has 3 rings (SSSR count). The van der Waals surface area contributed by atoms with Crippen molar-refractivity contribution in [3.05, 3.63) is 35.0 Å². The van der Waals surface area contributed by atoms with Crippen LogP contribution in [0, 0.1) is 0 Å². The van der Waals surface area contributed by atoms with Crippen molar-refractivity contribution in [1.29, 1.82) is 0 Å². The first-order chi connectivity index (χ1) is 9.52. The highest BCUT2D eigenvalue weighted by molar-refractivity contribution is 5.89. The van der Waals surface area contributed by atoms with Crippen molar-refractivity contribution in [2.75, 3.05) is 7.11 Å². The Labute approximate surface area is 120 Å². The average molecular weight is 270 g/mol. The van der Waals surface area contributed by atoms with Gasteiger partial charge < -0.3 is 10.5 Å². The Morgan fingerprint density at radius 2 is 1.95 bits per heavy atom. The molecule has 0 spiro atoms. The fourth-order valence-electron chi connectivity index (χ4n) is 3.32. The molecular weight excluding hydrogens is 248 g/mol. The van der Waals surface area contributed by atoms with Gasteiger partial charge in [-0.05, 0) is 56.7 Å². The van der Waals surface area contributed by atoms with Crippen molar-refractivity contribution in [2.24, 2.45) is 5.73 Å². The molecule has 2 N–H and O–H groups in total. The maximum absolute atomic E-state index is 6.47. The molecule has 1 aromatic carbocycles. The lowest BCUT2D eigenvalue weighted by atomic mass is 9.82. The molecular formula is C17H22N2O. The monoisotopic (exact) mass is 270 g/mol. The zero-order valence-electron chi connectivity index (χ0n) is 12.5. The van der Waals surface area contributed by atoms with E-state index in [4.69, 9.17) is 15.5 Å². The molecule has 3 nitrogen and oxygen atoms in total. The average Bonchev–Trinajstić information content (AvgIpc) is 2.42. The molecule has 0 fully saturated rings. The number of aromatic nitrogens is 1. The molecule has 0 amide bonds. The second kappa shape index (κ2) is 4.74. The molecule has 0 radical (unpaired) electrons. The van der Waals surface area contributed by atoms with Crippen LogP contribution in [0.25, 0.3) is 10.9 Å². The van der Waals surface area contributed by atoms with Crippen LogP contribution in [0.2, 0.25) is 0 Å². The van der Waals surface area contributed by atoms with Gasteiger partial charge in [0.15, 0.2) is 0 Å². The van der Waals surface area contributed by atoms with Gasteiger partial charge >= 0.3 is 0 Å². The summed E-state index contributed by atoms with van der Waals surface area (Å²) in [5.41, 5.74) is 10.9. The summed E-state index contributed by atoms with van der Waals surface area (Å²) in [7, 11) is 1.70. The van der Waals surface area contributed by atoms with Gasteiger partial charge in [-0.3, -0.25) is 0 Å². The Morgan fingerprint density at radius 1 is 1.20 bits per heavy atom.